The van der Waals surface area contributed by atoms with Crippen molar-refractivity contribution in [1.29, 1.82) is 0 Å². The zero-order chi connectivity index (χ0) is 28.3. The van der Waals surface area contributed by atoms with Gasteiger partial charge in [0.2, 0.25) is 0 Å². The Morgan fingerprint density at radius 1 is 0.810 bits per heavy atom. The molecule has 212 valence electrons. The Morgan fingerprint density at radius 3 is 2.29 bits per heavy atom. The second-order valence-electron chi connectivity index (χ2n) is 9.26. The lowest BCUT2D eigenvalue weighted by Crippen LogP contribution is -2.23. The molecule has 2 aromatic carbocycles. The number of aliphatic hydroxyl groups excluding tert-OH is 1. The van der Waals surface area contributed by atoms with E-state index in [1.807, 2.05) is 68.4 Å². The quantitative estimate of drug-likeness (QED) is 0.241. The average molecular weight is 582 g/mol. The van der Waals surface area contributed by atoms with Crippen LogP contribution in [0.25, 0.3) is 49.9 Å². The molecule has 1 N–H and O–H groups in total. The van der Waals surface area contributed by atoms with Crippen molar-refractivity contribution in [3.8, 4) is 39.8 Å². The highest BCUT2D eigenvalue weighted by Gasteiger charge is 2.17. The van der Waals surface area contributed by atoms with Crippen LogP contribution >= 0.6 is 12.4 Å². The highest BCUT2D eigenvalue weighted by atomic mass is 35.5. The molecule has 0 aliphatic carbocycles. The maximum atomic E-state index is 13.7. The van der Waals surface area contributed by atoms with Gasteiger partial charge in [0.1, 0.15) is 5.69 Å². The number of rotatable bonds is 8. The minimum Gasteiger partial charge on any atom is -0.490 e. The Morgan fingerprint density at radius 2 is 1.57 bits per heavy atom. The standard InChI is InChI=1S/C32H27N5O4.ClH/c1-3-40-27-15-22-14-23(19-38)35-30(26(22)17-28(27)41-4-2)20-11-13-34-29(16-20)37-32(39)25-10-6-5-9-24(25)31(36-37)21-8-7-12-33-18-21;/h5-18,38H,3-4,19H2,1-2H3;1H. The Hall–Kier alpha value is -4.86. The summed E-state index contributed by atoms with van der Waals surface area (Å²) in [5.41, 5.74) is 2.92. The molecule has 0 fully saturated rings. The summed E-state index contributed by atoms with van der Waals surface area (Å²) in [5.74, 6) is 1.56. The third-order valence-electron chi connectivity index (χ3n) is 6.69. The van der Waals surface area contributed by atoms with Crippen molar-refractivity contribution in [3.63, 3.8) is 0 Å². The minimum atomic E-state index is -0.292. The number of halogens is 1. The van der Waals surface area contributed by atoms with Gasteiger partial charge in [-0.1, -0.05) is 18.2 Å². The van der Waals surface area contributed by atoms with Gasteiger partial charge >= 0.3 is 0 Å². The Labute approximate surface area is 247 Å². The van der Waals surface area contributed by atoms with Crippen LogP contribution in [0.2, 0.25) is 0 Å². The number of aromatic nitrogens is 5. The molecule has 6 aromatic rings. The van der Waals surface area contributed by atoms with E-state index >= 15 is 0 Å². The number of ether oxygens (including phenoxy) is 2. The number of aliphatic hydroxyl groups is 1. The molecule has 9 nitrogen and oxygen atoms in total. The molecule has 0 aliphatic heterocycles. The number of fused-ring (bicyclic) bond motifs is 2. The van der Waals surface area contributed by atoms with E-state index in [0.29, 0.717) is 58.6 Å². The number of nitrogens with zero attached hydrogens (tertiary/aromatic N) is 5. The fourth-order valence-electron chi connectivity index (χ4n) is 4.90. The first-order valence-electron chi connectivity index (χ1n) is 13.3. The highest BCUT2D eigenvalue weighted by molar-refractivity contribution is 5.97. The van der Waals surface area contributed by atoms with Gasteiger partial charge in [0.05, 0.1) is 36.6 Å². The topological polar surface area (TPSA) is 112 Å². The zero-order valence-corrected chi connectivity index (χ0v) is 23.8. The van der Waals surface area contributed by atoms with Gasteiger partial charge in [0, 0.05) is 40.5 Å². The molecule has 0 amide bonds. The van der Waals surface area contributed by atoms with Crippen molar-refractivity contribution >= 4 is 34.0 Å². The van der Waals surface area contributed by atoms with Gasteiger partial charge in [-0.3, -0.25) is 9.78 Å². The van der Waals surface area contributed by atoms with E-state index in [1.54, 1.807) is 30.7 Å². The third kappa shape index (κ3) is 5.27. The Bertz CT molecular complexity index is 1950. The number of hydrogen-bond donors (Lipinski definition) is 1. The fraction of sp³-hybridized carbons (Fsp3) is 0.156. The molecule has 0 radical (unpaired) electrons. The Kier molecular flexibility index (Phi) is 8.42. The molecular formula is C32H28ClN5O4. The van der Waals surface area contributed by atoms with Crippen molar-refractivity contribution in [3.05, 3.63) is 101 Å². The van der Waals surface area contributed by atoms with Crippen molar-refractivity contribution in [2.75, 3.05) is 13.2 Å². The second kappa shape index (κ2) is 12.3. The summed E-state index contributed by atoms with van der Waals surface area (Å²) in [5, 5.41) is 17.6. The molecule has 0 atom stereocenters. The zero-order valence-electron chi connectivity index (χ0n) is 23.0. The molecule has 10 heteroatoms. The molecule has 0 spiro atoms. The number of pyridine rings is 3. The summed E-state index contributed by atoms with van der Waals surface area (Å²) < 4.78 is 13.0. The first-order chi connectivity index (χ1) is 20.1. The molecule has 6 rings (SSSR count). The SMILES string of the molecule is CCOc1cc2cc(CO)nc(-c3ccnc(-n4nc(-c5cccnc5)c5ccccc5c4=O)c3)c2cc1OCC.Cl. The van der Waals surface area contributed by atoms with E-state index < -0.39 is 0 Å². The molecule has 4 heterocycles. The Balaban J connectivity index is 0.00000353. The van der Waals surface area contributed by atoms with Crippen molar-refractivity contribution in [2.24, 2.45) is 0 Å². The molecule has 42 heavy (non-hydrogen) atoms. The summed E-state index contributed by atoms with van der Waals surface area (Å²) in [6.45, 7) is 4.55. The van der Waals surface area contributed by atoms with E-state index in [9.17, 15) is 9.90 Å². The fourth-order valence-corrected chi connectivity index (χ4v) is 4.90. The second-order valence-corrected chi connectivity index (χ2v) is 9.26. The third-order valence-corrected chi connectivity index (χ3v) is 6.69. The summed E-state index contributed by atoms with van der Waals surface area (Å²) in [7, 11) is 0. The summed E-state index contributed by atoms with van der Waals surface area (Å²) in [6.07, 6.45) is 5.03. The normalized spacial score (nSPS) is 10.9. The lowest BCUT2D eigenvalue weighted by atomic mass is 10.0. The van der Waals surface area contributed by atoms with Gasteiger partial charge in [0.15, 0.2) is 17.3 Å². The van der Waals surface area contributed by atoms with Crippen molar-refractivity contribution in [2.45, 2.75) is 20.5 Å². The van der Waals surface area contributed by atoms with Gasteiger partial charge in [-0.15, -0.1) is 12.4 Å². The smallest absolute Gasteiger partial charge is 0.280 e. The van der Waals surface area contributed by atoms with Crippen molar-refractivity contribution < 1.29 is 14.6 Å². The maximum Gasteiger partial charge on any atom is 0.280 e. The first kappa shape index (κ1) is 28.7. The molecule has 0 saturated carbocycles. The largest absolute Gasteiger partial charge is 0.490 e. The van der Waals surface area contributed by atoms with Crippen LogP contribution in [0.4, 0.5) is 0 Å². The van der Waals surface area contributed by atoms with Gasteiger partial charge in [-0.05, 0) is 67.8 Å². The molecule has 0 bridgehead atoms. The van der Waals surface area contributed by atoms with E-state index in [-0.39, 0.29) is 24.6 Å². The van der Waals surface area contributed by atoms with Crippen LogP contribution in [0.3, 0.4) is 0 Å². The monoisotopic (exact) mass is 581 g/mol. The number of hydrogen-bond acceptors (Lipinski definition) is 8. The van der Waals surface area contributed by atoms with Gasteiger partial charge < -0.3 is 14.6 Å². The van der Waals surface area contributed by atoms with Gasteiger partial charge in [0.25, 0.3) is 5.56 Å². The molecule has 0 unspecified atom stereocenters. The maximum absolute atomic E-state index is 13.7. The van der Waals surface area contributed by atoms with Gasteiger partial charge in [-0.25, -0.2) is 9.97 Å². The summed E-state index contributed by atoms with van der Waals surface area (Å²) in [6, 6.07) is 20.3. The molecule has 0 saturated heterocycles. The van der Waals surface area contributed by atoms with E-state index in [1.165, 1.54) is 4.68 Å². The summed E-state index contributed by atoms with van der Waals surface area (Å²) >= 11 is 0. The highest BCUT2D eigenvalue weighted by Crippen LogP contribution is 2.37. The van der Waals surface area contributed by atoms with Crippen LogP contribution in [0, 0.1) is 0 Å². The first-order valence-corrected chi connectivity index (χ1v) is 13.3. The number of benzene rings is 2. The molecule has 4 aromatic heterocycles. The predicted molar refractivity (Wildman–Crippen MR) is 165 cm³/mol. The van der Waals surface area contributed by atoms with E-state index in [0.717, 1.165) is 21.7 Å². The van der Waals surface area contributed by atoms with E-state index in [4.69, 9.17) is 19.6 Å². The van der Waals surface area contributed by atoms with Crippen LogP contribution in [-0.4, -0.2) is 43.1 Å². The van der Waals surface area contributed by atoms with Crippen LogP contribution < -0.4 is 15.0 Å². The van der Waals surface area contributed by atoms with Crippen LogP contribution in [0.5, 0.6) is 11.5 Å². The summed E-state index contributed by atoms with van der Waals surface area (Å²) in [4.78, 5) is 27.2. The van der Waals surface area contributed by atoms with Gasteiger partial charge in [-0.2, -0.15) is 9.78 Å². The average Bonchev–Trinajstić information content (AvgIpc) is 3.02. The van der Waals surface area contributed by atoms with E-state index in [2.05, 4.69) is 9.97 Å². The van der Waals surface area contributed by atoms with Crippen LogP contribution in [-0.2, 0) is 6.61 Å². The molecular weight excluding hydrogens is 554 g/mol. The lowest BCUT2D eigenvalue weighted by Gasteiger charge is -2.15. The predicted octanol–water partition coefficient (Wildman–Crippen LogP) is 5.77. The van der Waals surface area contributed by atoms with Crippen molar-refractivity contribution in [1.82, 2.24) is 24.7 Å². The van der Waals surface area contributed by atoms with Crippen LogP contribution in [0.15, 0.2) is 90.1 Å². The molecule has 0 aliphatic rings. The van der Waals surface area contributed by atoms with Crippen LogP contribution in [0.1, 0.15) is 19.5 Å². The lowest BCUT2D eigenvalue weighted by molar-refractivity contribution is 0.277. The minimum absolute atomic E-state index is 0.